The second-order valence-electron chi connectivity index (χ2n) is 6.19. The molecule has 2 heterocycles. The van der Waals surface area contributed by atoms with Crippen molar-refractivity contribution in [1.29, 1.82) is 0 Å². The molecule has 1 saturated heterocycles. The van der Waals surface area contributed by atoms with Gasteiger partial charge in [0.15, 0.2) is 5.82 Å². The summed E-state index contributed by atoms with van der Waals surface area (Å²) in [6.45, 7) is 10.3. The Hall–Kier alpha value is -0.710. The zero-order valence-corrected chi connectivity index (χ0v) is 13.5. The zero-order chi connectivity index (χ0) is 14.8. The molecule has 0 aliphatic carbocycles. The molecule has 0 spiro atoms. The highest BCUT2D eigenvalue weighted by atomic mass is 35.5. The normalized spacial score (nSPS) is 19.1. The first kappa shape index (κ1) is 15.7. The van der Waals surface area contributed by atoms with Crippen molar-refractivity contribution in [2.24, 2.45) is 0 Å². The number of aromatic nitrogens is 2. The van der Waals surface area contributed by atoms with E-state index < -0.39 is 5.60 Å². The van der Waals surface area contributed by atoms with Gasteiger partial charge in [-0.1, -0.05) is 32.4 Å². The Morgan fingerprint density at radius 1 is 1.30 bits per heavy atom. The molecule has 1 aromatic rings. The van der Waals surface area contributed by atoms with E-state index >= 15 is 0 Å². The van der Waals surface area contributed by atoms with Crippen LogP contribution in [-0.4, -0.2) is 29.8 Å². The Morgan fingerprint density at radius 3 is 2.50 bits per heavy atom. The van der Waals surface area contributed by atoms with Crippen molar-refractivity contribution in [3.8, 4) is 0 Å². The van der Waals surface area contributed by atoms with Crippen molar-refractivity contribution < 1.29 is 9.47 Å². The lowest BCUT2D eigenvalue weighted by Gasteiger charge is -2.36. The molecular formula is C15H23ClN2O2. The van der Waals surface area contributed by atoms with Crippen LogP contribution in [0.4, 0.5) is 0 Å². The molecule has 1 fully saturated rings. The highest BCUT2D eigenvalue weighted by molar-refractivity contribution is 6.29. The monoisotopic (exact) mass is 298 g/mol. The summed E-state index contributed by atoms with van der Waals surface area (Å²) in [4.78, 5) is 9.18. The smallest absolute Gasteiger partial charge is 0.162 e. The molecule has 0 unspecified atom stereocenters. The standard InChI is InChI=1S/C15H23ClN2O2/c1-5-20-15(6-8-19-9-7-15)13-17-11(14(2,3)4)10-12(16)18-13/h10H,5-9H2,1-4H3. The molecule has 0 radical (unpaired) electrons. The van der Waals surface area contributed by atoms with Crippen molar-refractivity contribution >= 4 is 11.6 Å². The van der Waals surface area contributed by atoms with Gasteiger partial charge in [-0.25, -0.2) is 9.97 Å². The summed E-state index contributed by atoms with van der Waals surface area (Å²) in [5.41, 5.74) is 0.413. The van der Waals surface area contributed by atoms with Gasteiger partial charge in [0.25, 0.3) is 0 Å². The molecule has 4 nitrogen and oxygen atoms in total. The number of halogens is 1. The predicted octanol–water partition coefficient (Wildman–Crippen LogP) is 3.47. The summed E-state index contributed by atoms with van der Waals surface area (Å²) < 4.78 is 11.5. The summed E-state index contributed by atoms with van der Waals surface area (Å²) in [6.07, 6.45) is 1.54. The third kappa shape index (κ3) is 3.30. The highest BCUT2D eigenvalue weighted by Crippen LogP contribution is 2.35. The van der Waals surface area contributed by atoms with E-state index in [0.717, 1.165) is 18.5 Å². The van der Waals surface area contributed by atoms with Crippen molar-refractivity contribution in [2.45, 2.75) is 51.6 Å². The van der Waals surface area contributed by atoms with Gasteiger partial charge in [-0.2, -0.15) is 0 Å². The summed E-state index contributed by atoms with van der Waals surface area (Å²) in [5.74, 6) is 0.695. The van der Waals surface area contributed by atoms with Gasteiger partial charge in [0.1, 0.15) is 10.8 Å². The molecule has 1 aromatic heterocycles. The van der Waals surface area contributed by atoms with Crippen LogP contribution >= 0.6 is 11.6 Å². The van der Waals surface area contributed by atoms with Gasteiger partial charge < -0.3 is 9.47 Å². The van der Waals surface area contributed by atoms with Crippen LogP contribution in [0.3, 0.4) is 0 Å². The quantitative estimate of drug-likeness (QED) is 0.802. The predicted molar refractivity (Wildman–Crippen MR) is 79.1 cm³/mol. The second kappa shape index (κ2) is 5.96. The molecule has 20 heavy (non-hydrogen) atoms. The minimum atomic E-state index is -0.460. The SMILES string of the molecule is CCOC1(c2nc(Cl)cc(C(C)(C)C)n2)CCOCC1. The molecule has 2 rings (SSSR count). The van der Waals surface area contributed by atoms with Crippen LogP contribution < -0.4 is 0 Å². The molecule has 1 aliphatic rings. The first-order valence-corrected chi connectivity index (χ1v) is 7.52. The summed E-state index contributed by atoms with van der Waals surface area (Å²) in [6, 6.07) is 1.84. The summed E-state index contributed by atoms with van der Waals surface area (Å²) in [5, 5.41) is 0.477. The van der Waals surface area contributed by atoms with Gasteiger partial charge >= 0.3 is 0 Å². The minimum Gasteiger partial charge on any atom is -0.381 e. The van der Waals surface area contributed by atoms with Gasteiger partial charge in [0, 0.05) is 38.1 Å². The molecule has 0 N–H and O–H groups in total. The topological polar surface area (TPSA) is 44.2 Å². The van der Waals surface area contributed by atoms with Crippen LogP contribution in [-0.2, 0) is 20.5 Å². The maximum atomic E-state index is 6.20. The first-order chi connectivity index (χ1) is 9.37. The van der Waals surface area contributed by atoms with Gasteiger partial charge in [-0.05, 0) is 13.0 Å². The molecule has 0 atom stereocenters. The molecule has 1 aliphatic heterocycles. The molecule has 0 bridgehead atoms. The van der Waals surface area contributed by atoms with Crippen LogP contribution in [0.1, 0.15) is 52.1 Å². The van der Waals surface area contributed by atoms with E-state index in [1.54, 1.807) is 0 Å². The van der Waals surface area contributed by atoms with E-state index in [-0.39, 0.29) is 5.41 Å². The maximum absolute atomic E-state index is 6.20. The summed E-state index contributed by atoms with van der Waals surface area (Å²) in [7, 11) is 0. The van der Waals surface area contributed by atoms with Gasteiger partial charge in [0.05, 0.1) is 5.69 Å². The minimum absolute atomic E-state index is 0.0695. The van der Waals surface area contributed by atoms with E-state index in [2.05, 4.69) is 25.8 Å². The lowest BCUT2D eigenvalue weighted by molar-refractivity contribution is -0.118. The van der Waals surface area contributed by atoms with E-state index in [9.17, 15) is 0 Å². The fourth-order valence-electron chi connectivity index (χ4n) is 2.42. The van der Waals surface area contributed by atoms with E-state index in [0.29, 0.717) is 30.8 Å². The van der Waals surface area contributed by atoms with Gasteiger partial charge in [0.2, 0.25) is 0 Å². The number of hydrogen-bond donors (Lipinski definition) is 0. The van der Waals surface area contributed by atoms with Crippen molar-refractivity contribution in [3.05, 3.63) is 22.7 Å². The Bertz CT molecular complexity index is 460. The van der Waals surface area contributed by atoms with Crippen LogP contribution in [0.15, 0.2) is 6.07 Å². The fourth-order valence-corrected chi connectivity index (χ4v) is 2.60. The van der Waals surface area contributed by atoms with Gasteiger partial charge in [-0.3, -0.25) is 0 Å². The molecule has 112 valence electrons. The second-order valence-corrected chi connectivity index (χ2v) is 6.58. The van der Waals surface area contributed by atoms with E-state index in [1.807, 2.05) is 13.0 Å². The van der Waals surface area contributed by atoms with Crippen LogP contribution in [0.25, 0.3) is 0 Å². The van der Waals surface area contributed by atoms with Crippen LogP contribution in [0.5, 0.6) is 0 Å². The fraction of sp³-hybridized carbons (Fsp3) is 0.733. The van der Waals surface area contributed by atoms with Gasteiger partial charge in [-0.15, -0.1) is 0 Å². The Kier molecular flexibility index (Phi) is 4.67. The third-order valence-electron chi connectivity index (χ3n) is 3.59. The van der Waals surface area contributed by atoms with Crippen molar-refractivity contribution in [3.63, 3.8) is 0 Å². The average molecular weight is 299 g/mol. The molecule has 0 aromatic carbocycles. The molecular weight excluding hydrogens is 276 g/mol. The largest absolute Gasteiger partial charge is 0.381 e. The number of ether oxygens (including phenoxy) is 2. The van der Waals surface area contributed by atoms with E-state index in [1.165, 1.54) is 0 Å². The third-order valence-corrected chi connectivity index (χ3v) is 3.79. The van der Waals surface area contributed by atoms with Crippen molar-refractivity contribution in [2.75, 3.05) is 19.8 Å². The van der Waals surface area contributed by atoms with E-state index in [4.69, 9.17) is 26.1 Å². The first-order valence-electron chi connectivity index (χ1n) is 7.15. The lowest BCUT2D eigenvalue weighted by Crippen LogP contribution is -2.39. The lowest BCUT2D eigenvalue weighted by atomic mass is 9.89. The number of hydrogen-bond acceptors (Lipinski definition) is 4. The molecule has 5 heteroatoms. The zero-order valence-electron chi connectivity index (χ0n) is 12.7. The molecule has 0 amide bonds. The van der Waals surface area contributed by atoms with Crippen LogP contribution in [0, 0.1) is 0 Å². The average Bonchev–Trinajstić information content (AvgIpc) is 2.38. The number of nitrogens with zero attached hydrogens (tertiary/aromatic N) is 2. The number of rotatable bonds is 3. The molecule has 0 saturated carbocycles. The van der Waals surface area contributed by atoms with Crippen LogP contribution in [0.2, 0.25) is 5.15 Å². The Morgan fingerprint density at radius 2 is 1.95 bits per heavy atom. The van der Waals surface area contributed by atoms with Crippen molar-refractivity contribution in [1.82, 2.24) is 9.97 Å². The summed E-state index contributed by atoms with van der Waals surface area (Å²) >= 11 is 6.20. The Labute approximate surface area is 125 Å². The Balaban J connectivity index is 2.45. The maximum Gasteiger partial charge on any atom is 0.162 e. The highest BCUT2D eigenvalue weighted by Gasteiger charge is 2.39.